The van der Waals surface area contributed by atoms with Crippen molar-refractivity contribution >= 4 is 17.2 Å². The monoisotopic (exact) mass is 266 g/mol. The van der Waals surface area contributed by atoms with Crippen LogP contribution in [0.25, 0.3) is 0 Å². The highest BCUT2D eigenvalue weighted by Gasteiger charge is 2.15. The van der Waals surface area contributed by atoms with Gasteiger partial charge >= 0.3 is 0 Å². The number of fused-ring (bicyclic) bond motifs is 1. The van der Waals surface area contributed by atoms with Gasteiger partial charge in [0.05, 0.1) is 13.1 Å². The summed E-state index contributed by atoms with van der Waals surface area (Å²) in [6, 6.07) is 2.25. The van der Waals surface area contributed by atoms with Crippen LogP contribution in [0.3, 0.4) is 0 Å². The van der Waals surface area contributed by atoms with Crippen LogP contribution in [0.2, 0.25) is 0 Å². The predicted molar refractivity (Wildman–Crippen MR) is 75.9 cm³/mol. The summed E-state index contributed by atoms with van der Waals surface area (Å²) < 4.78 is 0. The van der Waals surface area contributed by atoms with E-state index in [0.29, 0.717) is 13.1 Å². The number of aryl methyl sites for hydroxylation is 2. The lowest BCUT2D eigenvalue weighted by atomic mass is 10.1. The summed E-state index contributed by atoms with van der Waals surface area (Å²) in [5.41, 5.74) is 1.48. The molecule has 0 saturated carbocycles. The number of carbonyl (C=O) groups is 1. The highest BCUT2D eigenvalue weighted by atomic mass is 32.1. The Hall–Kier alpha value is -0.870. The Balaban J connectivity index is 1.75. The van der Waals surface area contributed by atoms with Crippen molar-refractivity contribution in [2.45, 2.75) is 52.1 Å². The summed E-state index contributed by atoms with van der Waals surface area (Å²) in [4.78, 5) is 14.5. The molecule has 0 bridgehead atoms. The molecule has 0 fully saturated rings. The molecule has 1 heterocycles. The first-order valence-corrected chi connectivity index (χ1v) is 7.38. The van der Waals surface area contributed by atoms with Crippen LogP contribution in [-0.4, -0.2) is 18.0 Å². The molecule has 1 amide bonds. The molecule has 100 valence electrons. The van der Waals surface area contributed by atoms with Crippen molar-refractivity contribution < 1.29 is 4.79 Å². The van der Waals surface area contributed by atoms with Crippen LogP contribution in [0.4, 0.5) is 0 Å². The summed E-state index contributed by atoms with van der Waals surface area (Å²) >= 11 is 1.85. The van der Waals surface area contributed by atoms with Crippen molar-refractivity contribution in [1.82, 2.24) is 10.6 Å². The van der Waals surface area contributed by atoms with Gasteiger partial charge in [0.2, 0.25) is 5.91 Å². The first-order valence-electron chi connectivity index (χ1n) is 6.56. The van der Waals surface area contributed by atoms with Crippen LogP contribution in [-0.2, 0) is 24.2 Å². The Kier molecular flexibility index (Phi) is 4.07. The number of hydrogen-bond acceptors (Lipinski definition) is 3. The van der Waals surface area contributed by atoms with Gasteiger partial charge in [-0.25, -0.2) is 0 Å². The van der Waals surface area contributed by atoms with Gasteiger partial charge in [0, 0.05) is 15.3 Å². The fraction of sp³-hybridized carbons (Fsp3) is 0.643. The molecule has 1 aliphatic carbocycles. The van der Waals surface area contributed by atoms with Gasteiger partial charge in [-0.2, -0.15) is 0 Å². The van der Waals surface area contributed by atoms with Crippen LogP contribution < -0.4 is 10.6 Å². The van der Waals surface area contributed by atoms with Crippen molar-refractivity contribution in [2.75, 3.05) is 6.54 Å². The zero-order valence-corrected chi connectivity index (χ0v) is 12.2. The third-order valence-electron chi connectivity index (χ3n) is 3.04. The second-order valence-corrected chi connectivity index (χ2v) is 7.12. The third-order valence-corrected chi connectivity index (χ3v) is 4.27. The molecule has 1 aromatic heterocycles. The maximum atomic E-state index is 11.7. The van der Waals surface area contributed by atoms with Crippen LogP contribution in [0.5, 0.6) is 0 Å². The molecule has 0 atom stereocenters. The molecule has 4 heteroatoms. The van der Waals surface area contributed by atoms with E-state index in [1.807, 2.05) is 11.3 Å². The summed E-state index contributed by atoms with van der Waals surface area (Å²) in [5, 5.41) is 6.16. The van der Waals surface area contributed by atoms with Gasteiger partial charge in [-0.05, 0) is 51.7 Å². The largest absolute Gasteiger partial charge is 0.350 e. The molecule has 18 heavy (non-hydrogen) atoms. The van der Waals surface area contributed by atoms with E-state index in [-0.39, 0.29) is 11.4 Å². The molecule has 0 unspecified atom stereocenters. The van der Waals surface area contributed by atoms with Crippen molar-refractivity contribution in [2.24, 2.45) is 0 Å². The standard InChI is InChI=1S/C14H22N2OS/c1-14(2,3)16-9-13(17)15-8-11-7-10-5-4-6-12(10)18-11/h7,16H,4-6,8-9H2,1-3H3,(H,15,17). The minimum atomic E-state index is -0.0125. The normalized spacial score (nSPS) is 14.6. The molecule has 3 nitrogen and oxygen atoms in total. The van der Waals surface area contributed by atoms with E-state index in [4.69, 9.17) is 0 Å². The zero-order valence-electron chi connectivity index (χ0n) is 11.4. The van der Waals surface area contributed by atoms with E-state index in [0.717, 1.165) is 0 Å². The summed E-state index contributed by atoms with van der Waals surface area (Å²) in [5.74, 6) is 0.0680. The molecule has 0 saturated heterocycles. The quantitative estimate of drug-likeness (QED) is 0.877. The van der Waals surface area contributed by atoms with Crippen molar-refractivity contribution in [3.63, 3.8) is 0 Å². The second kappa shape index (κ2) is 5.41. The molecule has 0 radical (unpaired) electrons. The third kappa shape index (κ3) is 3.82. The second-order valence-electron chi connectivity index (χ2n) is 5.89. The van der Waals surface area contributed by atoms with Crippen molar-refractivity contribution in [3.8, 4) is 0 Å². The highest BCUT2D eigenvalue weighted by molar-refractivity contribution is 7.12. The van der Waals surface area contributed by atoms with E-state index in [2.05, 4.69) is 37.5 Å². The van der Waals surface area contributed by atoms with E-state index >= 15 is 0 Å². The highest BCUT2D eigenvalue weighted by Crippen LogP contribution is 2.30. The Morgan fingerprint density at radius 3 is 2.83 bits per heavy atom. The molecule has 2 N–H and O–H groups in total. The number of nitrogens with one attached hydrogen (secondary N) is 2. The predicted octanol–water partition coefficient (Wildman–Crippen LogP) is 2.24. The Morgan fingerprint density at radius 1 is 1.39 bits per heavy atom. The fourth-order valence-electron chi connectivity index (χ4n) is 2.07. The molecule has 0 aromatic carbocycles. The maximum absolute atomic E-state index is 11.7. The Morgan fingerprint density at radius 2 is 2.17 bits per heavy atom. The first kappa shape index (κ1) is 13.6. The number of hydrogen-bond donors (Lipinski definition) is 2. The summed E-state index contributed by atoms with van der Waals surface area (Å²) in [6.45, 7) is 7.23. The van der Waals surface area contributed by atoms with Gasteiger partial charge in [-0.1, -0.05) is 0 Å². The van der Waals surface area contributed by atoms with Gasteiger partial charge in [0.1, 0.15) is 0 Å². The molecular weight excluding hydrogens is 244 g/mol. The van der Waals surface area contributed by atoms with Crippen LogP contribution in [0, 0.1) is 0 Å². The average molecular weight is 266 g/mol. The SMILES string of the molecule is CC(C)(C)NCC(=O)NCc1cc2c(s1)CCC2. The van der Waals surface area contributed by atoms with E-state index in [1.165, 1.54) is 34.6 Å². The van der Waals surface area contributed by atoms with Gasteiger partial charge < -0.3 is 10.6 Å². The number of rotatable bonds is 4. The lowest BCUT2D eigenvalue weighted by Gasteiger charge is -2.19. The molecule has 2 rings (SSSR count). The number of amides is 1. The van der Waals surface area contributed by atoms with Gasteiger partial charge in [0.15, 0.2) is 0 Å². The summed E-state index contributed by atoms with van der Waals surface area (Å²) in [6.07, 6.45) is 3.73. The van der Waals surface area contributed by atoms with Gasteiger partial charge in [-0.3, -0.25) is 4.79 Å². The first-order chi connectivity index (χ1) is 8.44. The van der Waals surface area contributed by atoms with E-state index < -0.39 is 0 Å². The van der Waals surface area contributed by atoms with Crippen molar-refractivity contribution in [1.29, 1.82) is 0 Å². The maximum Gasteiger partial charge on any atom is 0.234 e. The Labute approximate surface area is 113 Å². The minimum Gasteiger partial charge on any atom is -0.350 e. The van der Waals surface area contributed by atoms with Gasteiger partial charge in [0.25, 0.3) is 0 Å². The van der Waals surface area contributed by atoms with Gasteiger partial charge in [-0.15, -0.1) is 11.3 Å². The summed E-state index contributed by atoms with van der Waals surface area (Å²) in [7, 11) is 0. The van der Waals surface area contributed by atoms with E-state index in [1.54, 1.807) is 0 Å². The molecule has 0 spiro atoms. The average Bonchev–Trinajstić information content (AvgIpc) is 2.82. The minimum absolute atomic E-state index is 0.0125. The molecular formula is C14H22N2OS. The van der Waals surface area contributed by atoms with Crippen LogP contribution in [0.1, 0.15) is 42.5 Å². The number of thiophene rings is 1. The zero-order chi connectivity index (χ0) is 13.2. The molecule has 1 aromatic rings. The fourth-order valence-corrected chi connectivity index (χ4v) is 3.27. The topological polar surface area (TPSA) is 41.1 Å². The van der Waals surface area contributed by atoms with Crippen LogP contribution >= 0.6 is 11.3 Å². The molecule has 1 aliphatic rings. The lowest BCUT2D eigenvalue weighted by Crippen LogP contribution is -2.43. The Bertz CT molecular complexity index is 410. The number of carbonyl (C=O) groups excluding carboxylic acids is 1. The molecule has 0 aliphatic heterocycles. The lowest BCUT2D eigenvalue weighted by molar-refractivity contribution is -0.120. The van der Waals surface area contributed by atoms with E-state index in [9.17, 15) is 4.79 Å². The van der Waals surface area contributed by atoms with Crippen LogP contribution in [0.15, 0.2) is 6.07 Å². The van der Waals surface area contributed by atoms with Crippen molar-refractivity contribution in [3.05, 3.63) is 21.4 Å². The smallest absolute Gasteiger partial charge is 0.234 e.